The minimum absolute atomic E-state index is 0.0488. The first-order chi connectivity index (χ1) is 10.6. The van der Waals surface area contributed by atoms with Crippen LogP contribution in [0.3, 0.4) is 0 Å². The van der Waals surface area contributed by atoms with Gasteiger partial charge in [0, 0.05) is 25.6 Å². The molecule has 0 bridgehead atoms. The third-order valence-corrected chi connectivity index (χ3v) is 5.70. The van der Waals surface area contributed by atoms with Crippen LogP contribution >= 0.6 is 0 Å². The van der Waals surface area contributed by atoms with E-state index in [2.05, 4.69) is 6.92 Å². The Morgan fingerprint density at radius 2 is 1.95 bits per heavy atom. The van der Waals surface area contributed by atoms with Crippen molar-refractivity contribution in [1.82, 2.24) is 14.7 Å². The summed E-state index contributed by atoms with van der Waals surface area (Å²) in [6.07, 6.45) is 5.74. The predicted molar refractivity (Wildman–Crippen MR) is 79.0 cm³/mol. The van der Waals surface area contributed by atoms with Gasteiger partial charge < -0.3 is 9.80 Å². The molecule has 2 atom stereocenters. The zero-order chi connectivity index (χ0) is 15.5. The first-order valence-electron chi connectivity index (χ1n) is 8.53. The van der Waals surface area contributed by atoms with Crippen LogP contribution < -0.4 is 0 Å². The lowest BCUT2D eigenvalue weighted by molar-refractivity contribution is -0.134. The zero-order valence-electron chi connectivity index (χ0n) is 13.1. The predicted octanol–water partition coefficient (Wildman–Crippen LogP) is 1.35. The lowest BCUT2D eigenvalue weighted by Gasteiger charge is -2.27. The number of fused-ring (bicyclic) bond motifs is 1. The van der Waals surface area contributed by atoms with E-state index >= 15 is 0 Å². The van der Waals surface area contributed by atoms with Gasteiger partial charge in [-0.15, -0.1) is 0 Å². The summed E-state index contributed by atoms with van der Waals surface area (Å²) in [6, 6.07) is -0.0615. The van der Waals surface area contributed by atoms with Gasteiger partial charge in [-0.05, 0) is 32.1 Å². The number of rotatable bonds is 4. The van der Waals surface area contributed by atoms with Gasteiger partial charge in [-0.25, -0.2) is 4.79 Å². The highest BCUT2D eigenvalue weighted by atomic mass is 16.2. The molecule has 3 heterocycles. The van der Waals surface area contributed by atoms with Crippen LogP contribution in [0.25, 0.3) is 0 Å². The quantitative estimate of drug-likeness (QED) is 0.737. The highest BCUT2D eigenvalue weighted by Crippen LogP contribution is 2.43. The van der Waals surface area contributed by atoms with E-state index in [1.807, 2.05) is 4.90 Å². The van der Waals surface area contributed by atoms with Gasteiger partial charge >= 0.3 is 6.03 Å². The number of hydrogen-bond acceptors (Lipinski definition) is 3. The average Bonchev–Trinajstić information content (AvgIpc) is 3.07. The Balaban J connectivity index is 1.59. The zero-order valence-corrected chi connectivity index (χ0v) is 13.1. The third-order valence-electron chi connectivity index (χ3n) is 5.70. The number of amides is 4. The van der Waals surface area contributed by atoms with Crippen LogP contribution in [0.5, 0.6) is 0 Å². The van der Waals surface area contributed by atoms with Gasteiger partial charge in [0.2, 0.25) is 5.91 Å². The van der Waals surface area contributed by atoms with Gasteiger partial charge in [0.15, 0.2) is 0 Å². The summed E-state index contributed by atoms with van der Waals surface area (Å²) in [4.78, 5) is 43.0. The van der Waals surface area contributed by atoms with Gasteiger partial charge in [0.25, 0.3) is 5.91 Å². The number of imide groups is 1. The van der Waals surface area contributed by atoms with Crippen LogP contribution in [0.1, 0.15) is 51.9 Å². The van der Waals surface area contributed by atoms with Crippen LogP contribution in [0.4, 0.5) is 4.79 Å². The minimum Gasteiger partial charge on any atom is -0.338 e. The molecule has 0 radical (unpaired) electrons. The van der Waals surface area contributed by atoms with Gasteiger partial charge in [-0.2, -0.15) is 0 Å². The fourth-order valence-corrected chi connectivity index (χ4v) is 4.55. The molecular weight excluding hydrogens is 282 g/mol. The fourth-order valence-electron chi connectivity index (χ4n) is 4.55. The van der Waals surface area contributed by atoms with E-state index in [1.165, 1.54) is 4.90 Å². The first-order valence-corrected chi connectivity index (χ1v) is 8.53. The number of carbonyl (C=O) groups excluding carboxylic acids is 3. The summed E-state index contributed by atoms with van der Waals surface area (Å²) in [5, 5.41) is 0. The summed E-state index contributed by atoms with van der Waals surface area (Å²) in [5.41, 5.74) is -0.609. The Bertz CT molecular complexity index is 545. The van der Waals surface area contributed by atoms with Crippen LogP contribution in [-0.4, -0.2) is 63.3 Å². The Hall–Kier alpha value is -1.59. The van der Waals surface area contributed by atoms with Crippen molar-refractivity contribution in [2.45, 2.75) is 69.5 Å². The maximum absolute atomic E-state index is 13.0. The van der Waals surface area contributed by atoms with Crippen LogP contribution in [0.2, 0.25) is 0 Å². The van der Waals surface area contributed by atoms with Gasteiger partial charge in [-0.1, -0.05) is 13.3 Å². The van der Waals surface area contributed by atoms with E-state index in [0.29, 0.717) is 25.6 Å². The second kappa shape index (κ2) is 4.70. The van der Waals surface area contributed by atoms with E-state index in [9.17, 15) is 14.4 Å². The number of urea groups is 1. The second-order valence-electron chi connectivity index (χ2n) is 7.13. The summed E-state index contributed by atoms with van der Waals surface area (Å²) >= 11 is 0. The molecule has 0 aromatic rings. The van der Waals surface area contributed by atoms with Crippen molar-refractivity contribution in [3.8, 4) is 0 Å². The molecule has 0 aromatic heterocycles. The van der Waals surface area contributed by atoms with E-state index in [-0.39, 0.29) is 23.9 Å². The van der Waals surface area contributed by atoms with Crippen molar-refractivity contribution in [3.05, 3.63) is 0 Å². The summed E-state index contributed by atoms with van der Waals surface area (Å²) < 4.78 is 0. The van der Waals surface area contributed by atoms with Crippen LogP contribution in [-0.2, 0) is 9.59 Å². The van der Waals surface area contributed by atoms with Gasteiger partial charge in [0.05, 0.1) is 6.04 Å². The van der Waals surface area contributed by atoms with E-state index in [4.69, 9.17) is 0 Å². The highest BCUT2D eigenvalue weighted by Gasteiger charge is 2.61. The SMILES string of the molecule is CCC[C@@]12CCCN1C(=O)N([C@H]1CC(=O)N(C3CC3)C1)C2=O. The highest BCUT2D eigenvalue weighted by molar-refractivity contribution is 6.08. The maximum Gasteiger partial charge on any atom is 0.328 e. The molecule has 22 heavy (non-hydrogen) atoms. The molecule has 1 saturated carbocycles. The lowest BCUT2D eigenvalue weighted by atomic mass is 9.90. The van der Waals surface area contributed by atoms with Crippen molar-refractivity contribution >= 4 is 17.8 Å². The molecule has 6 heteroatoms. The van der Waals surface area contributed by atoms with Crippen molar-refractivity contribution in [3.63, 3.8) is 0 Å². The molecule has 0 unspecified atom stereocenters. The smallest absolute Gasteiger partial charge is 0.328 e. The molecule has 3 saturated heterocycles. The number of hydrogen-bond donors (Lipinski definition) is 0. The molecule has 0 aromatic carbocycles. The van der Waals surface area contributed by atoms with Gasteiger partial charge in [-0.3, -0.25) is 14.5 Å². The van der Waals surface area contributed by atoms with E-state index in [0.717, 1.165) is 38.5 Å². The summed E-state index contributed by atoms with van der Waals surface area (Å²) in [5.74, 6) is 0.0528. The average molecular weight is 305 g/mol. The first kappa shape index (κ1) is 14.0. The molecule has 4 aliphatic rings. The minimum atomic E-state index is -0.609. The van der Waals surface area contributed by atoms with Crippen molar-refractivity contribution in [1.29, 1.82) is 0 Å². The molecule has 120 valence electrons. The molecule has 4 amide bonds. The van der Waals surface area contributed by atoms with Crippen molar-refractivity contribution < 1.29 is 14.4 Å². The van der Waals surface area contributed by atoms with Crippen LogP contribution in [0, 0.1) is 0 Å². The number of nitrogens with zero attached hydrogens (tertiary/aromatic N) is 3. The number of carbonyl (C=O) groups is 3. The largest absolute Gasteiger partial charge is 0.338 e. The molecule has 6 nitrogen and oxygen atoms in total. The van der Waals surface area contributed by atoms with Crippen molar-refractivity contribution in [2.24, 2.45) is 0 Å². The summed E-state index contributed by atoms with van der Waals surface area (Å²) in [7, 11) is 0. The standard InChI is InChI=1S/C16H23N3O3/c1-2-6-16-7-3-8-18(16)15(22)19(14(16)21)12-9-13(20)17(10-12)11-4-5-11/h11-12H,2-10H2,1H3/t12-,16-/m0/s1. The Labute approximate surface area is 130 Å². The molecule has 4 rings (SSSR count). The molecule has 0 N–H and O–H groups in total. The third kappa shape index (κ3) is 1.75. The molecule has 4 fully saturated rings. The van der Waals surface area contributed by atoms with E-state index < -0.39 is 5.54 Å². The maximum atomic E-state index is 13.0. The molecule has 3 aliphatic heterocycles. The van der Waals surface area contributed by atoms with Gasteiger partial charge in [0.1, 0.15) is 5.54 Å². The Morgan fingerprint density at radius 1 is 1.18 bits per heavy atom. The second-order valence-corrected chi connectivity index (χ2v) is 7.13. The van der Waals surface area contributed by atoms with Crippen molar-refractivity contribution in [2.75, 3.05) is 13.1 Å². The van der Waals surface area contributed by atoms with Crippen LogP contribution in [0.15, 0.2) is 0 Å². The van der Waals surface area contributed by atoms with E-state index in [1.54, 1.807) is 4.90 Å². The normalized spacial score (nSPS) is 35.0. The monoisotopic (exact) mass is 305 g/mol. The topological polar surface area (TPSA) is 60.9 Å². The fraction of sp³-hybridized carbons (Fsp3) is 0.812. The molecule has 1 aliphatic carbocycles. The lowest BCUT2D eigenvalue weighted by Crippen LogP contribution is -2.46. The Kier molecular flexibility index (Phi) is 3.00. The summed E-state index contributed by atoms with van der Waals surface area (Å²) in [6.45, 7) is 3.27. The Morgan fingerprint density at radius 3 is 2.64 bits per heavy atom. The molecule has 0 spiro atoms. The number of likely N-dealkylation sites (tertiary alicyclic amines) is 1. The molecular formula is C16H23N3O3.